The van der Waals surface area contributed by atoms with Crippen molar-refractivity contribution in [2.24, 2.45) is 5.92 Å². The molecule has 2 unspecified atom stereocenters. The second-order valence-corrected chi connectivity index (χ2v) is 9.84. The van der Waals surface area contributed by atoms with Crippen molar-refractivity contribution in [3.8, 4) is 0 Å². The molecule has 0 amide bonds. The van der Waals surface area contributed by atoms with Gasteiger partial charge < -0.3 is 0 Å². The summed E-state index contributed by atoms with van der Waals surface area (Å²) < 4.78 is 49.2. The smallest absolute Gasteiger partial charge is 0.207 e. The molecule has 1 heterocycles. The van der Waals surface area contributed by atoms with Crippen molar-refractivity contribution in [2.45, 2.75) is 42.5 Å². The highest BCUT2D eigenvalue weighted by molar-refractivity contribution is 8.13. The van der Waals surface area contributed by atoms with Gasteiger partial charge in [-0.2, -0.15) is 4.31 Å². The minimum atomic E-state index is -3.85. The first-order valence-electron chi connectivity index (χ1n) is 6.70. The summed E-state index contributed by atoms with van der Waals surface area (Å²) in [4.78, 5) is -0.0179. The molecular weight excluding hydrogens is 334 g/mol. The highest BCUT2D eigenvalue weighted by atomic mass is 35.7. The zero-order valence-corrected chi connectivity index (χ0v) is 14.2. The standard InChI is InChI=1S/C13H18ClNO4S2/c1-10-4-3-9-15(11(10)2)21(18,19)13-7-5-12(6-8-13)20(14,16)17/h5-8,10-11H,3-4,9H2,1-2H3. The fourth-order valence-electron chi connectivity index (χ4n) is 2.55. The molecule has 1 aromatic carbocycles. The van der Waals surface area contributed by atoms with Crippen LogP contribution in [-0.2, 0) is 19.1 Å². The van der Waals surface area contributed by atoms with Crippen LogP contribution in [0.1, 0.15) is 26.7 Å². The van der Waals surface area contributed by atoms with Crippen LogP contribution in [0.2, 0.25) is 0 Å². The highest BCUT2D eigenvalue weighted by Crippen LogP contribution is 2.29. The van der Waals surface area contributed by atoms with Crippen LogP contribution in [0.25, 0.3) is 0 Å². The lowest BCUT2D eigenvalue weighted by atomic mass is 9.94. The van der Waals surface area contributed by atoms with E-state index in [1.54, 1.807) is 0 Å². The van der Waals surface area contributed by atoms with Crippen molar-refractivity contribution < 1.29 is 16.8 Å². The van der Waals surface area contributed by atoms with Gasteiger partial charge in [-0.3, -0.25) is 0 Å². The van der Waals surface area contributed by atoms with E-state index in [-0.39, 0.29) is 15.8 Å². The van der Waals surface area contributed by atoms with Crippen LogP contribution in [0.15, 0.2) is 34.1 Å². The third kappa shape index (κ3) is 3.41. The highest BCUT2D eigenvalue weighted by Gasteiger charge is 2.34. The van der Waals surface area contributed by atoms with Crippen LogP contribution < -0.4 is 0 Å². The zero-order valence-electron chi connectivity index (χ0n) is 11.9. The first-order chi connectivity index (χ1) is 9.64. The Hall–Kier alpha value is -0.630. The molecule has 0 saturated carbocycles. The number of rotatable bonds is 3. The van der Waals surface area contributed by atoms with Crippen molar-refractivity contribution in [3.05, 3.63) is 24.3 Å². The number of benzene rings is 1. The predicted molar refractivity (Wildman–Crippen MR) is 81.2 cm³/mol. The molecule has 1 aliphatic rings. The summed E-state index contributed by atoms with van der Waals surface area (Å²) in [6, 6.07) is 4.94. The average Bonchev–Trinajstić information content (AvgIpc) is 2.41. The Labute approximate surface area is 130 Å². The third-order valence-corrected chi connectivity index (χ3v) is 7.40. The Bertz CT molecular complexity index is 713. The monoisotopic (exact) mass is 351 g/mol. The van der Waals surface area contributed by atoms with Gasteiger partial charge in [0.1, 0.15) is 0 Å². The fraction of sp³-hybridized carbons (Fsp3) is 0.538. The summed E-state index contributed by atoms with van der Waals surface area (Å²) in [6.45, 7) is 4.43. The molecule has 0 bridgehead atoms. The van der Waals surface area contributed by atoms with Gasteiger partial charge in [-0.05, 0) is 49.9 Å². The van der Waals surface area contributed by atoms with Gasteiger partial charge in [-0.25, -0.2) is 16.8 Å². The number of sulfonamides is 1. The van der Waals surface area contributed by atoms with Gasteiger partial charge in [0, 0.05) is 23.3 Å². The van der Waals surface area contributed by atoms with E-state index in [9.17, 15) is 16.8 Å². The average molecular weight is 352 g/mol. The van der Waals surface area contributed by atoms with Gasteiger partial charge in [-0.1, -0.05) is 6.92 Å². The first kappa shape index (κ1) is 16.7. The maximum atomic E-state index is 12.6. The SMILES string of the molecule is CC1CCCN(S(=O)(=O)c2ccc(S(=O)(=O)Cl)cc2)C1C. The van der Waals surface area contributed by atoms with Gasteiger partial charge in [0.25, 0.3) is 9.05 Å². The van der Waals surface area contributed by atoms with Crippen LogP contribution >= 0.6 is 10.7 Å². The molecule has 1 fully saturated rings. The second kappa shape index (κ2) is 5.87. The molecular formula is C13H18ClNO4S2. The Balaban J connectivity index is 2.36. The number of piperidine rings is 1. The van der Waals surface area contributed by atoms with Crippen molar-refractivity contribution in [1.29, 1.82) is 0 Å². The van der Waals surface area contributed by atoms with Crippen molar-refractivity contribution in [2.75, 3.05) is 6.54 Å². The number of hydrogen-bond acceptors (Lipinski definition) is 4. The van der Waals surface area contributed by atoms with E-state index in [4.69, 9.17) is 10.7 Å². The van der Waals surface area contributed by atoms with E-state index in [1.165, 1.54) is 28.6 Å². The van der Waals surface area contributed by atoms with Crippen LogP contribution in [0.3, 0.4) is 0 Å². The maximum absolute atomic E-state index is 12.6. The van der Waals surface area contributed by atoms with E-state index in [1.807, 2.05) is 13.8 Å². The molecule has 1 aromatic rings. The van der Waals surface area contributed by atoms with E-state index in [0.29, 0.717) is 12.5 Å². The molecule has 2 rings (SSSR count). The molecule has 8 heteroatoms. The molecule has 0 aromatic heterocycles. The third-order valence-electron chi connectivity index (χ3n) is 4.03. The lowest BCUT2D eigenvalue weighted by Gasteiger charge is -2.36. The van der Waals surface area contributed by atoms with Crippen molar-refractivity contribution in [3.63, 3.8) is 0 Å². The van der Waals surface area contributed by atoms with Crippen LogP contribution in [-0.4, -0.2) is 33.7 Å². The molecule has 0 radical (unpaired) electrons. The lowest BCUT2D eigenvalue weighted by Crippen LogP contribution is -2.45. The summed E-state index contributed by atoms with van der Waals surface area (Å²) >= 11 is 0. The molecule has 5 nitrogen and oxygen atoms in total. The van der Waals surface area contributed by atoms with Gasteiger partial charge in [0.15, 0.2) is 0 Å². The molecule has 0 spiro atoms. The quantitative estimate of drug-likeness (QED) is 0.784. The maximum Gasteiger partial charge on any atom is 0.261 e. The molecule has 0 N–H and O–H groups in total. The second-order valence-electron chi connectivity index (χ2n) is 5.39. The van der Waals surface area contributed by atoms with Gasteiger partial charge in [-0.15, -0.1) is 0 Å². The topological polar surface area (TPSA) is 71.5 Å². The van der Waals surface area contributed by atoms with Gasteiger partial charge in [0.2, 0.25) is 10.0 Å². The first-order valence-corrected chi connectivity index (χ1v) is 10.5. The van der Waals surface area contributed by atoms with Gasteiger partial charge in [0.05, 0.1) is 9.79 Å². The molecule has 118 valence electrons. The summed E-state index contributed by atoms with van der Waals surface area (Å²) in [7, 11) is -2.23. The molecule has 2 atom stereocenters. The summed E-state index contributed by atoms with van der Waals surface area (Å²) in [5, 5.41) is 0. The summed E-state index contributed by atoms with van der Waals surface area (Å²) in [5.74, 6) is 0.302. The Morgan fingerprint density at radius 3 is 2.10 bits per heavy atom. The Kier molecular flexibility index (Phi) is 4.68. The lowest BCUT2D eigenvalue weighted by molar-refractivity contribution is 0.202. The Morgan fingerprint density at radius 2 is 1.57 bits per heavy atom. The minimum absolute atomic E-state index is 0.0693. The van der Waals surface area contributed by atoms with Crippen molar-refractivity contribution in [1.82, 2.24) is 4.31 Å². The predicted octanol–water partition coefficient (Wildman–Crippen LogP) is 2.42. The van der Waals surface area contributed by atoms with Crippen LogP contribution in [0.5, 0.6) is 0 Å². The van der Waals surface area contributed by atoms with E-state index >= 15 is 0 Å². The van der Waals surface area contributed by atoms with Crippen LogP contribution in [0, 0.1) is 5.92 Å². The summed E-state index contributed by atoms with van der Waals surface area (Å²) in [5.41, 5.74) is 0. The van der Waals surface area contributed by atoms with E-state index < -0.39 is 19.1 Å². The van der Waals surface area contributed by atoms with E-state index in [2.05, 4.69) is 0 Å². The van der Waals surface area contributed by atoms with Crippen molar-refractivity contribution >= 4 is 29.8 Å². The van der Waals surface area contributed by atoms with Gasteiger partial charge >= 0.3 is 0 Å². The van der Waals surface area contributed by atoms with E-state index in [0.717, 1.165) is 12.8 Å². The molecule has 1 aliphatic heterocycles. The molecule has 1 saturated heterocycles. The number of hydrogen-bond donors (Lipinski definition) is 0. The Morgan fingerprint density at radius 1 is 1.05 bits per heavy atom. The fourth-order valence-corrected chi connectivity index (χ4v) is 5.08. The number of nitrogens with zero attached hydrogens (tertiary/aromatic N) is 1. The number of halogens is 1. The molecule has 0 aliphatic carbocycles. The zero-order chi connectivity index (χ0) is 15.8. The minimum Gasteiger partial charge on any atom is -0.207 e. The molecule has 21 heavy (non-hydrogen) atoms. The normalized spacial score (nSPS) is 24.9. The largest absolute Gasteiger partial charge is 0.261 e. The summed E-state index contributed by atoms with van der Waals surface area (Å²) in [6.07, 6.45) is 1.84. The van der Waals surface area contributed by atoms with Crippen LogP contribution in [0.4, 0.5) is 0 Å².